The van der Waals surface area contributed by atoms with Gasteiger partial charge in [0.2, 0.25) is 0 Å². The molecular formula is C24H26N4O2. The van der Waals surface area contributed by atoms with Crippen molar-refractivity contribution in [2.24, 2.45) is 0 Å². The number of hydrogen-bond acceptors (Lipinski definition) is 4. The molecule has 0 fully saturated rings. The molecule has 4 rings (SSSR count). The summed E-state index contributed by atoms with van der Waals surface area (Å²) in [6.07, 6.45) is 0.523. The van der Waals surface area contributed by atoms with E-state index in [1.807, 2.05) is 39.0 Å². The van der Waals surface area contributed by atoms with Gasteiger partial charge in [-0.05, 0) is 57.0 Å². The van der Waals surface area contributed by atoms with Gasteiger partial charge < -0.3 is 14.4 Å². The summed E-state index contributed by atoms with van der Waals surface area (Å²) in [5.74, 6) is 1.05. The quantitative estimate of drug-likeness (QED) is 0.522. The average Bonchev–Trinajstić information content (AvgIpc) is 3.30. The van der Waals surface area contributed by atoms with Crippen molar-refractivity contribution in [3.05, 3.63) is 70.0 Å². The fraction of sp³-hybridized carbons (Fsp3) is 0.292. The van der Waals surface area contributed by atoms with Gasteiger partial charge in [0.1, 0.15) is 5.69 Å². The number of carbonyl (C=O) groups is 1. The van der Waals surface area contributed by atoms with Crippen LogP contribution in [0.3, 0.4) is 0 Å². The van der Waals surface area contributed by atoms with E-state index < -0.39 is 0 Å². The van der Waals surface area contributed by atoms with Gasteiger partial charge in [-0.1, -0.05) is 34.5 Å². The highest BCUT2D eigenvalue weighted by molar-refractivity contribution is 5.95. The minimum atomic E-state index is -0.00181. The maximum Gasteiger partial charge on any atom is 0.274 e. The van der Waals surface area contributed by atoms with Gasteiger partial charge in [0.25, 0.3) is 11.8 Å². The van der Waals surface area contributed by atoms with E-state index in [0.29, 0.717) is 24.7 Å². The molecule has 0 aliphatic carbocycles. The van der Waals surface area contributed by atoms with Crippen LogP contribution in [0.4, 0.5) is 0 Å². The number of likely N-dealkylation sites (N-methyl/N-ethyl adjacent to an activating group) is 1. The third kappa shape index (κ3) is 3.73. The molecule has 0 unspecified atom stereocenters. The molecule has 0 aliphatic rings. The lowest BCUT2D eigenvalue weighted by molar-refractivity contribution is 0.0795. The number of rotatable bonds is 5. The molecular weight excluding hydrogens is 376 g/mol. The Balaban J connectivity index is 1.47. The number of amides is 1. The zero-order valence-corrected chi connectivity index (χ0v) is 18.0. The van der Waals surface area contributed by atoms with Crippen LogP contribution in [0.1, 0.15) is 38.4 Å². The molecule has 0 aliphatic heterocycles. The SMILES string of the molecule is Cc1ccc(C(=O)N(C)CCc2noc(-c3[nH]c4ccc(C)cc4c3C)n2)c(C)c1. The highest BCUT2D eigenvalue weighted by Crippen LogP contribution is 2.29. The molecule has 6 nitrogen and oxygen atoms in total. The van der Waals surface area contributed by atoms with Crippen molar-refractivity contribution in [1.82, 2.24) is 20.0 Å². The van der Waals surface area contributed by atoms with Crippen LogP contribution in [0.5, 0.6) is 0 Å². The number of aryl methyl sites for hydroxylation is 4. The van der Waals surface area contributed by atoms with Crippen molar-refractivity contribution in [2.45, 2.75) is 34.1 Å². The highest BCUT2D eigenvalue weighted by atomic mass is 16.5. The smallest absolute Gasteiger partial charge is 0.274 e. The third-order valence-electron chi connectivity index (χ3n) is 5.53. The number of fused-ring (bicyclic) bond motifs is 1. The molecule has 0 saturated heterocycles. The van der Waals surface area contributed by atoms with Gasteiger partial charge in [-0.15, -0.1) is 0 Å². The van der Waals surface area contributed by atoms with Crippen molar-refractivity contribution in [1.29, 1.82) is 0 Å². The zero-order valence-electron chi connectivity index (χ0n) is 18.0. The van der Waals surface area contributed by atoms with Gasteiger partial charge in [0.15, 0.2) is 5.82 Å². The third-order valence-corrected chi connectivity index (χ3v) is 5.53. The van der Waals surface area contributed by atoms with Crippen molar-refractivity contribution >= 4 is 16.8 Å². The number of nitrogens with one attached hydrogen (secondary N) is 1. The topological polar surface area (TPSA) is 75.0 Å². The van der Waals surface area contributed by atoms with Crippen molar-refractivity contribution in [2.75, 3.05) is 13.6 Å². The maximum absolute atomic E-state index is 12.8. The second-order valence-electron chi connectivity index (χ2n) is 7.98. The molecule has 4 aromatic rings. The lowest BCUT2D eigenvalue weighted by Crippen LogP contribution is -2.29. The Morgan fingerprint density at radius 3 is 2.57 bits per heavy atom. The first-order valence-electron chi connectivity index (χ1n) is 10.1. The van der Waals surface area contributed by atoms with E-state index >= 15 is 0 Å². The van der Waals surface area contributed by atoms with Gasteiger partial charge in [0.05, 0.1) is 0 Å². The fourth-order valence-electron chi connectivity index (χ4n) is 3.74. The number of benzene rings is 2. The molecule has 0 atom stereocenters. The molecule has 2 aromatic carbocycles. The number of H-pyrrole nitrogens is 1. The fourth-order valence-corrected chi connectivity index (χ4v) is 3.74. The highest BCUT2D eigenvalue weighted by Gasteiger charge is 2.18. The number of nitrogens with zero attached hydrogens (tertiary/aromatic N) is 3. The summed E-state index contributed by atoms with van der Waals surface area (Å²) in [4.78, 5) is 22.4. The van der Waals surface area contributed by atoms with Gasteiger partial charge in [0, 0.05) is 36.5 Å². The van der Waals surface area contributed by atoms with Gasteiger partial charge >= 0.3 is 0 Å². The number of aromatic nitrogens is 3. The van der Waals surface area contributed by atoms with Gasteiger partial charge in [-0.2, -0.15) is 4.98 Å². The summed E-state index contributed by atoms with van der Waals surface area (Å²) in [5.41, 5.74) is 7.04. The van der Waals surface area contributed by atoms with E-state index in [1.54, 1.807) is 11.9 Å². The molecule has 0 bridgehead atoms. The van der Waals surface area contributed by atoms with Crippen molar-refractivity contribution < 1.29 is 9.32 Å². The first kappa shape index (κ1) is 19.9. The molecule has 2 heterocycles. The molecule has 30 heavy (non-hydrogen) atoms. The Kier molecular flexibility index (Phi) is 5.16. The normalized spacial score (nSPS) is 11.2. The standard InChI is InChI=1S/C24H26N4O2/c1-14-6-8-18(16(3)12-14)24(29)28(5)11-10-21-26-23(30-27-21)22-17(4)19-13-15(2)7-9-20(19)25-22/h6-9,12-13,25H,10-11H2,1-5H3. The van der Waals surface area contributed by atoms with E-state index in [2.05, 4.69) is 40.2 Å². The van der Waals surface area contributed by atoms with Crippen LogP contribution in [0.15, 0.2) is 40.9 Å². The van der Waals surface area contributed by atoms with Crippen LogP contribution in [0, 0.1) is 27.7 Å². The molecule has 1 N–H and O–H groups in total. The Morgan fingerprint density at radius 1 is 1.07 bits per heavy atom. The summed E-state index contributed by atoms with van der Waals surface area (Å²) >= 11 is 0. The summed E-state index contributed by atoms with van der Waals surface area (Å²) in [6.45, 7) is 8.62. The maximum atomic E-state index is 12.8. The largest absolute Gasteiger partial charge is 0.350 e. The molecule has 6 heteroatoms. The number of aromatic amines is 1. The molecule has 154 valence electrons. The van der Waals surface area contributed by atoms with E-state index in [9.17, 15) is 4.79 Å². The van der Waals surface area contributed by atoms with Crippen LogP contribution in [-0.2, 0) is 6.42 Å². The summed E-state index contributed by atoms with van der Waals surface area (Å²) in [6, 6.07) is 12.2. The summed E-state index contributed by atoms with van der Waals surface area (Å²) < 4.78 is 5.51. The van der Waals surface area contributed by atoms with Gasteiger partial charge in [-0.25, -0.2) is 0 Å². The lowest BCUT2D eigenvalue weighted by Gasteiger charge is -2.17. The Hall–Kier alpha value is -3.41. The number of hydrogen-bond donors (Lipinski definition) is 1. The average molecular weight is 402 g/mol. The van der Waals surface area contributed by atoms with E-state index in [-0.39, 0.29) is 5.91 Å². The summed E-state index contributed by atoms with van der Waals surface area (Å²) in [5, 5.41) is 5.27. The molecule has 1 amide bonds. The minimum Gasteiger partial charge on any atom is -0.350 e. The minimum absolute atomic E-state index is 0.00181. The summed E-state index contributed by atoms with van der Waals surface area (Å²) in [7, 11) is 1.80. The Bertz CT molecular complexity index is 1240. The Labute approximate surface area is 175 Å². The predicted octanol–water partition coefficient (Wildman–Crippen LogP) is 4.77. The first-order chi connectivity index (χ1) is 14.3. The number of carbonyl (C=O) groups excluding carboxylic acids is 1. The molecule has 0 radical (unpaired) electrons. The van der Waals surface area contributed by atoms with Crippen LogP contribution in [-0.4, -0.2) is 39.5 Å². The second-order valence-corrected chi connectivity index (χ2v) is 7.98. The monoisotopic (exact) mass is 402 g/mol. The van der Waals surface area contributed by atoms with Crippen LogP contribution < -0.4 is 0 Å². The zero-order chi connectivity index (χ0) is 21.4. The van der Waals surface area contributed by atoms with E-state index in [4.69, 9.17) is 4.52 Å². The lowest BCUT2D eigenvalue weighted by atomic mass is 10.0. The van der Waals surface area contributed by atoms with Crippen LogP contribution >= 0.6 is 0 Å². The predicted molar refractivity (Wildman–Crippen MR) is 118 cm³/mol. The van der Waals surface area contributed by atoms with Gasteiger partial charge in [-0.3, -0.25) is 4.79 Å². The molecule has 2 aromatic heterocycles. The van der Waals surface area contributed by atoms with Crippen LogP contribution in [0.25, 0.3) is 22.5 Å². The van der Waals surface area contributed by atoms with E-state index in [1.165, 1.54) is 5.56 Å². The van der Waals surface area contributed by atoms with E-state index in [0.717, 1.165) is 38.9 Å². The molecule has 0 saturated carbocycles. The molecule has 0 spiro atoms. The van der Waals surface area contributed by atoms with Crippen molar-refractivity contribution in [3.8, 4) is 11.6 Å². The van der Waals surface area contributed by atoms with Crippen LogP contribution in [0.2, 0.25) is 0 Å². The Morgan fingerprint density at radius 2 is 1.80 bits per heavy atom. The van der Waals surface area contributed by atoms with Crippen molar-refractivity contribution in [3.63, 3.8) is 0 Å². The second kappa shape index (κ2) is 7.78. The first-order valence-corrected chi connectivity index (χ1v) is 10.1.